The van der Waals surface area contributed by atoms with Crippen LogP contribution in [-0.4, -0.2) is 45.6 Å². The fourth-order valence-electron chi connectivity index (χ4n) is 3.41. The lowest BCUT2D eigenvalue weighted by Gasteiger charge is -2.34. The zero-order chi connectivity index (χ0) is 20.1. The first-order valence-electron chi connectivity index (χ1n) is 9.59. The Labute approximate surface area is 173 Å². The number of thiophene rings is 1. The molecule has 0 spiro atoms. The molecule has 150 valence electrons. The summed E-state index contributed by atoms with van der Waals surface area (Å²) >= 11 is 1.67. The Balaban J connectivity index is 1.32. The summed E-state index contributed by atoms with van der Waals surface area (Å²) in [4.78, 5) is 28.1. The van der Waals surface area contributed by atoms with Gasteiger partial charge in [0.05, 0.1) is 18.2 Å². The average molecular weight is 410 g/mol. The number of aromatic nitrogens is 2. The largest absolute Gasteiger partial charge is 0.353 e. The molecule has 1 saturated heterocycles. The highest BCUT2D eigenvalue weighted by molar-refractivity contribution is 7.09. The molecular weight excluding hydrogens is 386 g/mol. The van der Waals surface area contributed by atoms with Crippen LogP contribution < -0.4 is 10.6 Å². The van der Waals surface area contributed by atoms with Gasteiger partial charge in [-0.1, -0.05) is 18.2 Å². The minimum atomic E-state index is -0.437. The van der Waals surface area contributed by atoms with Crippen LogP contribution in [0.1, 0.15) is 16.9 Å². The second kappa shape index (κ2) is 9.02. The molecule has 4 rings (SSSR count). The molecule has 1 fully saturated rings. The van der Waals surface area contributed by atoms with Crippen molar-refractivity contribution < 1.29 is 9.59 Å². The molecule has 3 heterocycles. The molecule has 2 N–H and O–H groups in total. The topological polar surface area (TPSA) is 79.3 Å². The molecule has 29 heavy (non-hydrogen) atoms. The third-order valence-corrected chi connectivity index (χ3v) is 5.82. The third kappa shape index (κ3) is 4.90. The van der Waals surface area contributed by atoms with E-state index in [-0.39, 0.29) is 18.2 Å². The van der Waals surface area contributed by atoms with Crippen LogP contribution in [-0.2, 0) is 22.7 Å². The zero-order valence-electron chi connectivity index (χ0n) is 16.0. The van der Waals surface area contributed by atoms with Crippen LogP contribution in [0, 0.1) is 0 Å². The van der Waals surface area contributed by atoms with Gasteiger partial charge < -0.3 is 10.6 Å². The smallest absolute Gasteiger partial charge is 0.237 e. The average Bonchev–Trinajstić information content (AvgIpc) is 3.44. The SMILES string of the molecule is O=C(C[C@H]1C(=O)NCCN1Cc1cccs1)NCc1ccc(-n2cccn2)cc1. The molecular formula is C21H23N5O2S. The normalized spacial score (nSPS) is 17.1. The fraction of sp³-hybridized carbons (Fsp3) is 0.286. The van der Waals surface area contributed by atoms with Crippen molar-refractivity contribution in [3.63, 3.8) is 0 Å². The summed E-state index contributed by atoms with van der Waals surface area (Å²) in [7, 11) is 0. The van der Waals surface area contributed by atoms with E-state index in [0.29, 0.717) is 19.6 Å². The maximum atomic E-state index is 12.5. The van der Waals surface area contributed by atoms with E-state index < -0.39 is 6.04 Å². The van der Waals surface area contributed by atoms with Crippen molar-refractivity contribution in [2.45, 2.75) is 25.6 Å². The molecule has 8 heteroatoms. The molecule has 1 aliphatic rings. The van der Waals surface area contributed by atoms with E-state index in [4.69, 9.17) is 0 Å². The van der Waals surface area contributed by atoms with Crippen LogP contribution in [0.2, 0.25) is 0 Å². The van der Waals surface area contributed by atoms with E-state index in [1.54, 1.807) is 22.2 Å². The summed E-state index contributed by atoms with van der Waals surface area (Å²) in [5.74, 6) is -0.203. The number of nitrogens with zero attached hydrogens (tertiary/aromatic N) is 3. The van der Waals surface area contributed by atoms with Crippen LogP contribution in [0.5, 0.6) is 0 Å². The van der Waals surface area contributed by atoms with E-state index in [1.807, 2.05) is 48.0 Å². The zero-order valence-corrected chi connectivity index (χ0v) is 16.8. The van der Waals surface area contributed by atoms with Gasteiger partial charge in [-0.05, 0) is 35.2 Å². The Bertz CT molecular complexity index is 938. The number of hydrogen-bond donors (Lipinski definition) is 2. The maximum Gasteiger partial charge on any atom is 0.237 e. The second-order valence-corrected chi connectivity index (χ2v) is 7.99. The molecule has 0 saturated carbocycles. The Kier molecular flexibility index (Phi) is 6.02. The molecule has 2 amide bonds. The number of carbonyl (C=O) groups excluding carboxylic acids is 2. The highest BCUT2D eigenvalue weighted by Gasteiger charge is 2.31. The highest BCUT2D eigenvalue weighted by atomic mass is 32.1. The van der Waals surface area contributed by atoms with Gasteiger partial charge in [0, 0.05) is 43.4 Å². The van der Waals surface area contributed by atoms with Crippen LogP contribution >= 0.6 is 11.3 Å². The molecule has 0 radical (unpaired) electrons. The summed E-state index contributed by atoms with van der Waals surface area (Å²) in [6.45, 7) is 2.48. The van der Waals surface area contributed by atoms with E-state index >= 15 is 0 Å². The monoisotopic (exact) mass is 409 g/mol. The molecule has 2 aromatic heterocycles. The van der Waals surface area contributed by atoms with Crippen LogP contribution in [0.15, 0.2) is 60.2 Å². The molecule has 1 atom stereocenters. The van der Waals surface area contributed by atoms with Crippen molar-refractivity contribution in [2.24, 2.45) is 0 Å². The second-order valence-electron chi connectivity index (χ2n) is 6.95. The van der Waals surface area contributed by atoms with Gasteiger partial charge in [0.2, 0.25) is 11.8 Å². The minimum Gasteiger partial charge on any atom is -0.353 e. The summed E-state index contributed by atoms with van der Waals surface area (Å²) < 4.78 is 1.78. The Morgan fingerprint density at radius 1 is 1.24 bits per heavy atom. The highest BCUT2D eigenvalue weighted by Crippen LogP contribution is 2.17. The number of hydrogen-bond acceptors (Lipinski definition) is 5. The van der Waals surface area contributed by atoms with Gasteiger partial charge in [-0.25, -0.2) is 4.68 Å². The van der Waals surface area contributed by atoms with E-state index in [1.165, 1.54) is 4.88 Å². The van der Waals surface area contributed by atoms with E-state index in [2.05, 4.69) is 26.7 Å². The van der Waals surface area contributed by atoms with Crippen LogP contribution in [0.25, 0.3) is 5.69 Å². The Morgan fingerprint density at radius 3 is 2.83 bits per heavy atom. The molecule has 1 aliphatic heterocycles. The summed E-state index contributed by atoms with van der Waals surface area (Å²) in [5, 5.41) is 12.0. The number of amides is 2. The Morgan fingerprint density at radius 2 is 2.10 bits per heavy atom. The number of benzene rings is 1. The number of carbonyl (C=O) groups is 2. The maximum absolute atomic E-state index is 12.5. The van der Waals surface area contributed by atoms with Gasteiger partial charge in [-0.3, -0.25) is 14.5 Å². The standard InChI is InChI=1S/C21H23N5O2S/c27-20(23-14-16-4-6-17(7-5-16)26-10-2-8-24-26)13-19-21(28)22-9-11-25(19)15-18-3-1-12-29-18/h1-8,10,12,19H,9,11,13-15H2,(H,22,28)(H,23,27)/t19-/m0/s1. The van der Waals surface area contributed by atoms with Crippen molar-refractivity contribution in [3.8, 4) is 5.69 Å². The van der Waals surface area contributed by atoms with Crippen LogP contribution in [0.3, 0.4) is 0 Å². The Hall–Kier alpha value is -2.97. The van der Waals surface area contributed by atoms with Crippen molar-refractivity contribution in [1.29, 1.82) is 0 Å². The summed E-state index contributed by atoms with van der Waals surface area (Å²) in [5.41, 5.74) is 1.96. The summed E-state index contributed by atoms with van der Waals surface area (Å²) in [6, 6.07) is 13.4. The molecule has 0 aliphatic carbocycles. The van der Waals surface area contributed by atoms with E-state index in [9.17, 15) is 9.59 Å². The lowest BCUT2D eigenvalue weighted by atomic mass is 10.1. The first kappa shape index (κ1) is 19.4. The molecule has 1 aromatic carbocycles. The lowest BCUT2D eigenvalue weighted by molar-refractivity contribution is -0.134. The van der Waals surface area contributed by atoms with Gasteiger partial charge in [0.1, 0.15) is 0 Å². The first-order valence-corrected chi connectivity index (χ1v) is 10.5. The van der Waals surface area contributed by atoms with Crippen LogP contribution in [0.4, 0.5) is 0 Å². The fourth-order valence-corrected chi connectivity index (χ4v) is 4.14. The van der Waals surface area contributed by atoms with E-state index in [0.717, 1.165) is 17.8 Å². The third-order valence-electron chi connectivity index (χ3n) is 4.95. The number of nitrogens with one attached hydrogen (secondary N) is 2. The van der Waals surface area contributed by atoms with Gasteiger partial charge >= 0.3 is 0 Å². The van der Waals surface area contributed by atoms with Gasteiger partial charge in [0.25, 0.3) is 0 Å². The summed E-state index contributed by atoms with van der Waals surface area (Å²) in [6.07, 6.45) is 3.77. The molecule has 3 aromatic rings. The van der Waals surface area contributed by atoms with Crippen molar-refractivity contribution in [3.05, 3.63) is 70.7 Å². The molecule has 7 nitrogen and oxygen atoms in total. The van der Waals surface area contributed by atoms with Gasteiger partial charge in [-0.2, -0.15) is 5.10 Å². The quantitative estimate of drug-likeness (QED) is 0.625. The first-order chi connectivity index (χ1) is 14.2. The number of piperazine rings is 1. The predicted molar refractivity (Wildman–Crippen MR) is 112 cm³/mol. The number of rotatable bonds is 7. The van der Waals surface area contributed by atoms with Gasteiger partial charge in [0.15, 0.2) is 0 Å². The predicted octanol–water partition coefficient (Wildman–Crippen LogP) is 1.94. The van der Waals surface area contributed by atoms with Crippen molar-refractivity contribution in [1.82, 2.24) is 25.3 Å². The lowest BCUT2D eigenvalue weighted by Crippen LogP contribution is -2.56. The van der Waals surface area contributed by atoms with Crippen molar-refractivity contribution in [2.75, 3.05) is 13.1 Å². The molecule has 0 unspecified atom stereocenters. The molecule has 0 bridgehead atoms. The minimum absolute atomic E-state index is 0.0773. The van der Waals surface area contributed by atoms with Gasteiger partial charge in [-0.15, -0.1) is 11.3 Å². The van der Waals surface area contributed by atoms with Crippen molar-refractivity contribution >= 4 is 23.2 Å².